The van der Waals surface area contributed by atoms with Gasteiger partial charge in [0.15, 0.2) is 6.10 Å². The minimum Gasteiger partial charge on any atom is -0.497 e. The number of rotatable bonds is 25. The van der Waals surface area contributed by atoms with Crippen LogP contribution in [-0.2, 0) is 43.9 Å². The second-order valence-electron chi connectivity index (χ2n) is 17.9. The Morgan fingerprint density at radius 2 is 1.28 bits per heavy atom. The van der Waals surface area contributed by atoms with E-state index in [0.29, 0.717) is 22.8 Å². The van der Waals surface area contributed by atoms with E-state index >= 15 is 4.57 Å². The largest absolute Gasteiger partial charge is 0.571 e. The zero-order chi connectivity index (χ0) is 51.5. The van der Waals surface area contributed by atoms with Gasteiger partial charge in [-0.3, -0.25) is 19.4 Å². The average molecular weight is 1000 g/mol. The van der Waals surface area contributed by atoms with Crippen molar-refractivity contribution < 1.29 is 51.9 Å². The van der Waals surface area contributed by atoms with Crippen molar-refractivity contribution >= 4 is 13.9 Å². The normalized spacial score (nSPS) is 18.4. The van der Waals surface area contributed by atoms with Crippen LogP contribution in [0.3, 0.4) is 0 Å². The molecule has 0 spiro atoms. The van der Waals surface area contributed by atoms with E-state index in [4.69, 9.17) is 42.5 Å². The average Bonchev–Trinajstić information content (AvgIpc) is 3.68. The van der Waals surface area contributed by atoms with Crippen molar-refractivity contribution in [3.05, 3.63) is 158 Å². The highest BCUT2D eigenvalue weighted by molar-refractivity contribution is 7.40. The van der Waals surface area contributed by atoms with Gasteiger partial charge in [-0.15, -0.1) is 4.52 Å². The monoisotopic (exact) mass is 999 g/mol. The molecule has 6 rings (SSSR count). The fourth-order valence-corrected chi connectivity index (χ4v) is 10.2. The Hall–Kier alpha value is -5.75. The smallest absolute Gasteiger partial charge is 0.497 e. The van der Waals surface area contributed by atoms with Crippen molar-refractivity contribution in [3.63, 3.8) is 0 Å². The van der Waals surface area contributed by atoms with Crippen LogP contribution in [0.15, 0.2) is 119 Å². The van der Waals surface area contributed by atoms with Gasteiger partial charge < -0.3 is 38.1 Å². The number of hydrogen-bond donors (Lipinski definition) is 1. The molecule has 1 aromatic heterocycles. The number of aryl methyl sites for hydroxylation is 1. The molecule has 5 aromatic rings. The molecule has 0 aliphatic carbocycles. The molecule has 0 radical (unpaired) electrons. The van der Waals surface area contributed by atoms with Gasteiger partial charge >= 0.3 is 19.2 Å². The van der Waals surface area contributed by atoms with Gasteiger partial charge in [-0.2, -0.15) is 5.06 Å². The number of hydroxylamine groups is 2. The van der Waals surface area contributed by atoms with Crippen molar-refractivity contribution in [3.8, 4) is 17.2 Å². The molecule has 1 aliphatic rings. The van der Waals surface area contributed by atoms with Gasteiger partial charge in [0, 0.05) is 49.1 Å². The molecular formula is C53H68N4O13P+. The Kier molecular flexibility index (Phi) is 18.9. The fourth-order valence-electron chi connectivity index (χ4n) is 8.78. The molecule has 1 aliphatic heterocycles. The second-order valence-corrected chi connectivity index (χ2v) is 19.3. The Morgan fingerprint density at radius 3 is 1.79 bits per heavy atom. The zero-order valence-corrected chi connectivity index (χ0v) is 43.4. The Labute approximate surface area is 416 Å². The first-order chi connectivity index (χ1) is 34.0. The Balaban J connectivity index is 1.53. The lowest BCUT2D eigenvalue weighted by Crippen LogP contribution is -2.53. The van der Waals surface area contributed by atoms with Gasteiger partial charge in [-0.25, -0.2) is 9.36 Å². The van der Waals surface area contributed by atoms with E-state index in [0.717, 1.165) is 21.3 Å². The first-order valence-corrected chi connectivity index (χ1v) is 24.8. The summed E-state index contributed by atoms with van der Waals surface area (Å²) in [6.45, 7) is 12.6. The van der Waals surface area contributed by atoms with Crippen molar-refractivity contribution in [2.24, 2.45) is 0 Å². The zero-order valence-electron chi connectivity index (χ0n) is 42.5. The van der Waals surface area contributed by atoms with E-state index < -0.39 is 48.7 Å². The molecule has 17 nitrogen and oxygen atoms in total. The quantitative estimate of drug-likeness (QED) is 0.0261. The maximum Gasteiger partial charge on any atom is 0.571 e. The molecule has 382 valence electrons. The van der Waals surface area contributed by atoms with E-state index in [1.54, 1.807) is 55.6 Å². The first-order valence-electron chi connectivity index (χ1n) is 23.7. The lowest BCUT2D eigenvalue weighted by atomic mass is 9.80. The van der Waals surface area contributed by atoms with Gasteiger partial charge in [-0.05, 0) is 118 Å². The Morgan fingerprint density at radius 1 is 0.746 bits per heavy atom. The van der Waals surface area contributed by atoms with Crippen molar-refractivity contribution in [1.82, 2.24) is 19.5 Å². The summed E-state index contributed by atoms with van der Waals surface area (Å²) in [7, 11) is 3.06. The summed E-state index contributed by atoms with van der Waals surface area (Å²) in [6, 6.07) is 30.8. The highest BCUT2D eigenvalue weighted by Gasteiger charge is 2.73. The van der Waals surface area contributed by atoms with E-state index in [1.807, 2.05) is 120 Å². The fraction of sp³-hybridized carbons (Fsp3) is 0.453. The molecule has 1 saturated heterocycles. The number of H-pyrrole nitrogens is 1. The molecular weight excluding hydrogens is 932 g/mol. The van der Waals surface area contributed by atoms with E-state index in [2.05, 4.69) is 4.98 Å². The molecule has 5 atom stereocenters. The number of ether oxygens (including phenoxy) is 7. The molecule has 1 N–H and O–H groups in total. The molecule has 71 heavy (non-hydrogen) atoms. The van der Waals surface area contributed by atoms with Crippen LogP contribution >= 0.6 is 8.03 Å². The maximum absolute atomic E-state index is 15.6. The number of nitrogens with one attached hydrogen (secondary N) is 1. The molecule has 1 amide bonds. The molecule has 1 unspecified atom stereocenters. The van der Waals surface area contributed by atoms with Crippen LogP contribution in [0.5, 0.6) is 17.2 Å². The molecule has 2 heterocycles. The summed E-state index contributed by atoms with van der Waals surface area (Å²) in [5.41, 5.74) is -2.50. The van der Waals surface area contributed by atoms with E-state index in [9.17, 15) is 14.4 Å². The predicted molar refractivity (Wildman–Crippen MR) is 268 cm³/mol. The van der Waals surface area contributed by atoms with Crippen molar-refractivity contribution in [2.45, 2.75) is 96.0 Å². The third kappa shape index (κ3) is 12.0. The molecule has 0 saturated carbocycles. The van der Waals surface area contributed by atoms with E-state index in [1.165, 1.54) is 20.2 Å². The number of carbonyl (C=O) groups excluding carboxylic acids is 1. The summed E-state index contributed by atoms with van der Waals surface area (Å²) in [5.74, 6) is 1.57. The number of aromatic amines is 1. The van der Waals surface area contributed by atoms with Crippen LogP contribution in [0.2, 0.25) is 0 Å². The number of aromatic nitrogens is 2. The van der Waals surface area contributed by atoms with Gasteiger partial charge in [0.1, 0.15) is 41.7 Å². The maximum atomic E-state index is 15.6. The van der Waals surface area contributed by atoms with Crippen LogP contribution < -0.4 is 25.5 Å². The summed E-state index contributed by atoms with van der Waals surface area (Å²) in [6.07, 6.45) is -2.45. The standard InChI is InChI=1S/C53H67N4O13P/c1-35(2)55(50(59)39-17-23-43(63-9)24-18-39)29-30-68-71(61)53(56-33-38(7)49(58)54-51(56)60)48(66-32-31-62-8)47(70-57(36(3)4)37(5)6)46(69-53)34-67-52(40-15-13-12-14-16-40,41-19-25-44(64-10)26-20-41)42-21-27-45(65-11)28-22-42/h12-28,33,35-37,46-48H,29-32,34H2,1-11H3/p+1/t46-,47-,48-,53+/m1/s1. The van der Waals surface area contributed by atoms with Crippen molar-refractivity contribution in [2.75, 3.05) is 61.4 Å². The molecule has 18 heteroatoms. The van der Waals surface area contributed by atoms with Gasteiger partial charge in [0.2, 0.25) is 0 Å². The van der Waals surface area contributed by atoms with Gasteiger partial charge in [-0.1, -0.05) is 54.6 Å². The minimum atomic E-state index is -3.19. The number of methoxy groups -OCH3 is 4. The summed E-state index contributed by atoms with van der Waals surface area (Å²) >= 11 is 0. The molecule has 4 aromatic carbocycles. The van der Waals surface area contributed by atoms with Crippen LogP contribution in [0.1, 0.15) is 74.2 Å². The topological polar surface area (TPSA) is 179 Å². The molecule has 1 fully saturated rings. The van der Waals surface area contributed by atoms with Crippen LogP contribution in [0, 0.1) is 6.92 Å². The minimum absolute atomic E-state index is 0.00130. The summed E-state index contributed by atoms with van der Waals surface area (Å²) < 4.78 is 66.2. The number of amides is 1. The van der Waals surface area contributed by atoms with E-state index in [-0.39, 0.29) is 62.6 Å². The summed E-state index contributed by atoms with van der Waals surface area (Å²) in [5, 5.41) is 1.78. The SMILES string of the molecule is COCCO[C@@H]1[C@H](ON(C(C)C)C(C)C)[C@@H](COC(c2ccccc2)(c2ccc(OC)cc2)c2ccc(OC)cc2)O[C@]1(n1cc(C)c(=O)[nH]c1=O)[P+](=O)OCCN(C(=O)c1ccc(OC)cc1)C(C)C. The first kappa shape index (κ1) is 54.6. The molecule has 0 bridgehead atoms. The van der Waals surface area contributed by atoms with Crippen LogP contribution in [0.25, 0.3) is 0 Å². The van der Waals surface area contributed by atoms with Crippen LogP contribution in [0.4, 0.5) is 0 Å². The highest BCUT2D eigenvalue weighted by Crippen LogP contribution is 2.56. The number of benzene rings is 4. The second kappa shape index (κ2) is 24.6. The predicted octanol–water partition coefficient (Wildman–Crippen LogP) is 7.65. The van der Waals surface area contributed by atoms with Crippen molar-refractivity contribution in [1.29, 1.82) is 0 Å². The lowest BCUT2D eigenvalue weighted by Gasteiger charge is -2.38. The lowest BCUT2D eigenvalue weighted by molar-refractivity contribution is -0.263. The third-order valence-electron chi connectivity index (χ3n) is 12.3. The number of nitrogens with zero attached hydrogens (tertiary/aromatic N) is 3. The summed E-state index contributed by atoms with van der Waals surface area (Å²) in [4.78, 5) is 52.3. The third-order valence-corrected chi connectivity index (χ3v) is 13.8. The highest BCUT2D eigenvalue weighted by atomic mass is 31.1. The number of carbonyl (C=O) groups is 1. The van der Waals surface area contributed by atoms with Gasteiger partial charge in [0.05, 0.1) is 41.2 Å². The Bertz CT molecular complexity index is 2570. The number of hydrogen-bond acceptors (Lipinski definition) is 14. The van der Waals surface area contributed by atoms with Gasteiger partial charge in [0.25, 0.3) is 11.5 Å². The van der Waals surface area contributed by atoms with Crippen LogP contribution in [-0.4, -0.2) is 123 Å².